The number of fused-ring (bicyclic) bond motifs is 2. The zero-order valence-electron chi connectivity index (χ0n) is 21.3. The summed E-state index contributed by atoms with van der Waals surface area (Å²) in [5, 5.41) is 10.5. The molecule has 2 N–H and O–H groups in total. The molecule has 1 saturated heterocycles. The first-order valence-electron chi connectivity index (χ1n) is 13.1. The molecule has 0 spiro atoms. The number of anilines is 2. The molecule has 1 fully saturated rings. The van der Waals surface area contributed by atoms with Gasteiger partial charge in [0.2, 0.25) is 11.8 Å². The number of hydrogen-bond acceptors (Lipinski definition) is 4. The third-order valence-electron chi connectivity index (χ3n) is 7.26. The molecule has 4 aromatic rings. The molecule has 1 heterocycles. The Morgan fingerprint density at radius 1 is 0.703 bits per heavy atom. The van der Waals surface area contributed by atoms with Gasteiger partial charge < -0.3 is 15.5 Å². The third-order valence-corrected chi connectivity index (χ3v) is 7.26. The van der Waals surface area contributed by atoms with E-state index in [2.05, 4.69) is 51.6 Å². The van der Waals surface area contributed by atoms with Crippen LogP contribution in [-0.2, 0) is 9.59 Å². The Kier molecular flexibility index (Phi) is 7.78. The van der Waals surface area contributed by atoms with Gasteiger partial charge >= 0.3 is 0 Å². The number of carbonyl (C=O) groups excluding carboxylic acids is 2. The van der Waals surface area contributed by atoms with Crippen molar-refractivity contribution in [2.45, 2.75) is 25.8 Å². The number of amides is 2. The molecule has 6 heteroatoms. The Morgan fingerprint density at radius 2 is 1.22 bits per heavy atom. The predicted octanol–water partition coefficient (Wildman–Crippen LogP) is 5.36. The van der Waals surface area contributed by atoms with Gasteiger partial charge in [0.25, 0.3) is 0 Å². The van der Waals surface area contributed by atoms with Crippen LogP contribution in [0.25, 0.3) is 21.5 Å². The second kappa shape index (κ2) is 11.5. The summed E-state index contributed by atoms with van der Waals surface area (Å²) in [5.41, 5.74) is 1.73. The van der Waals surface area contributed by atoms with Crippen molar-refractivity contribution in [2.75, 3.05) is 43.4 Å². The van der Waals surface area contributed by atoms with Crippen LogP contribution >= 0.6 is 0 Å². The van der Waals surface area contributed by atoms with Gasteiger partial charge in [-0.05, 0) is 29.8 Å². The van der Waals surface area contributed by atoms with Gasteiger partial charge in [0, 0.05) is 73.8 Å². The van der Waals surface area contributed by atoms with E-state index >= 15 is 0 Å². The minimum Gasteiger partial charge on any atom is -0.325 e. The zero-order valence-corrected chi connectivity index (χ0v) is 21.3. The van der Waals surface area contributed by atoms with Crippen molar-refractivity contribution in [3.05, 3.63) is 84.9 Å². The lowest BCUT2D eigenvalue weighted by atomic mass is 10.1. The van der Waals surface area contributed by atoms with Crippen molar-refractivity contribution in [3.63, 3.8) is 0 Å². The maximum Gasteiger partial charge on any atom is 0.225 e. The van der Waals surface area contributed by atoms with Gasteiger partial charge in [0.15, 0.2) is 0 Å². The molecule has 4 aromatic carbocycles. The molecule has 0 aromatic heterocycles. The minimum atomic E-state index is 0.0380. The zero-order chi connectivity index (χ0) is 25.6. The SMILES string of the molecule is CC1CN(CCC(=O)Nc2cccc3ccccc23)CCN1CCC(=O)Nc1cccc2ccccc12. The Morgan fingerprint density at radius 3 is 1.78 bits per heavy atom. The van der Waals surface area contributed by atoms with Gasteiger partial charge in [-0.3, -0.25) is 14.5 Å². The van der Waals surface area contributed by atoms with Crippen LogP contribution in [0, 0.1) is 0 Å². The Labute approximate surface area is 218 Å². The number of piperazine rings is 1. The van der Waals surface area contributed by atoms with Gasteiger partial charge in [0.05, 0.1) is 0 Å². The van der Waals surface area contributed by atoms with E-state index in [1.54, 1.807) is 0 Å². The third kappa shape index (κ3) is 6.16. The van der Waals surface area contributed by atoms with Crippen molar-refractivity contribution in [1.29, 1.82) is 0 Å². The molecule has 5 rings (SSSR count). The normalized spacial score (nSPS) is 16.6. The fourth-order valence-corrected chi connectivity index (χ4v) is 5.20. The van der Waals surface area contributed by atoms with Crippen molar-refractivity contribution in [3.8, 4) is 0 Å². The molecule has 190 valence electrons. The molecule has 0 bridgehead atoms. The highest BCUT2D eigenvalue weighted by molar-refractivity contribution is 6.03. The topological polar surface area (TPSA) is 64.7 Å². The molecule has 2 amide bonds. The van der Waals surface area contributed by atoms with E-state index in [1.165, 1.54) is 0 Å². The molecule has 37 heavy (non-hydrogen) atoms. The van der Waals surface area contributed by atoms with Gasteiger partial charge in [-0.25, -0.2) is 0 Å². The maximum absolute atomic E-state index is 12.7. The largest absolute Gasteiger partial charge is 0.325 e. The molecular weight excluding hydrogens is 460 g/mol. The average molecular weight is 495 g/mol. The smallest absolute Gasteiger partial charge is 0.225 e. The van der Waals surface area contributed by atoms with E-state index in [4.69, 9.17) is 0 Å². The molecular formula is C31H34N4O2. The van der Waals surface area contributed by atoms with Crippen LogP contribution in [-0.4, -0.2) is 60.4 Å². The summed E-state index contributed by atoms with van der Waals surface area (Å²) >= 11 is 0. The summed E-state index contributed by atoms with van der Waals surface area (Å²) in [6, 6.07) is 28.5. The van der Waals surface area contributed by atoms with Crippen LogP contribution in [0.4, 0.5) is 11.4 Å². The molecule has 6 nitrogen and oxygen atoms in total. The van der Waals surface area contributed by atoms with Crippen LogP contribution in [0.15, 0.2) is 84.9 Å². The summed E-state index contributed by atoms with van der Waals surface area (Å²) in [6.07, 6.45) is 0.921. The Hall–Kier alpha value is -3.74. The average Bonchev–Trinajstić information content (AvgIpc) is 2.92. The van der Waals surface area contributed by atoms with Crippen molar-refractivity contribution in [1.82, 2.24) is 9.80 Å². The molecule has 0 saturated carbocycles. The lowest BCUT2D eigenvalue weighted by Gasteiger charge is -2.39. The van der Waals surface area contributed by atoms with E-state index in [0.29, 0.717) is 18.9 Å². The summed E-state index contributed by atoms with van der Waals surface area (Å²) in [5.74, 6) is 0.0765. The quantitative estimate of drug-likeness (QED) is 0.346. The number of carbonyl (C=O) groups is 2. The van der Waals surface area contributed by atoms with Crippen LogP contribution in [0.1, 0.15) is 19.8 Å². The monoisotopic (exact) mass is 494 g/mol. The van der Waals surface area contributed by atoms with E-state index in [9.17, 15) is 9.59 Å². The molecule has 1 atom stereocenters. The summed E-state index contributed by atoms with van der Waals surface area (Å²) in [4.78, 5) is 30.1. The van der Waals surface area contributed by atoms with Gasteiger partial charge in [-0.15, -0.1) is 0 Å². The van der Waals surface area contributed by atoms with Crippen molar-refractivity contribution in [2.24, 2.45) is 0 Å². The lowest BCUT2D eigenvalue weighted by Crippen LogP contribution is -2.52. The number of benzene rings is 4. The number of hydrogen-bond donors (Lipinski definition) is 2. The minimum absolute atomic E-state index is 0.0380. The second-order valence-corrected chi connectivity index (χ2v) is 9.84. The number of rotatable bonds is 8. The van der Waals surface area contributed by atoms with Crippen LogP contribution in [0.5, 0.6) is 0 Å². The highest BCUT2D eigenvalue weighted by atomic mass is 16.2. The van der Waals surface area contributed by atoms with Gasteiger partial charge in [-0.1, -0.05) is 72.8 Å². The number of nitrogens with one attached hydrogen (secondary N) is 2. The van der Waals surface area contributed by atoms with Crippen LogP contribution < -0.4 is 10.6 Å². The molecule has 0 radical (unpaired) electrons. The lowest BCUT2D eigenvalue weighted by molar-refractivity contribution is -0.118. The molecule has 1 unspecified atom stereocenters. The molecule has 1 aliphatic heterocycles. The number of nitrogens with zero attached hydrogens (tertiary/aromatic N) is 2. The fourth-order valence-electron chi connectivity index (χ4n) is 5.20. The first kappa shape index (κ1) is 24.9. The molecule has 1 aliphatic rings. The molecule has 0 aliphatic carbocycles. The van der Waals surface area contributed by atoms with Gasteiger partial charge in [-0.2, -0.15) is 0 Å². The Bertz CT molecular complexity index is 1390. The fraction of sp³-hybridized carbons (Fsp3) is 0.290. The van der Waals surface area contributed by atoms with Crippen molar-refractivity contribution >= 4 is 44.7 Å². The highest BCUT2D eigenvalue weighted by Gasteiger charge is 2.24. The Balaban J connectivity index is 1.06. The standard InChI is InChI=1S/C31H34N4O2/c1-23-22-34(18-16-30(36)32-28-14-6-10-24-8-2-4-12-26(24)28)20-21-35(23)19-17-31(37)33-29-15-7-11-25-9-3-5-13-27(25)29/h2-15,23H,16-22H2,1H3,(H,32,36)(H,33,37). The summed E-state index contributed by atoms with van der Waals surface area (Å²) in [7, 11) is 0. The first-order valence-corrected chi connectivity index (χ1v) is 13.1. The maximum atomic E-state index is 12.7. The van der Waals surface area contributed by atoms with Crippen LogP contribution in [0.2, 0.25) is 0 Å². The van der Waals surface area contributed by atoms with Crippen molar-refractivity contribution < 1.29 is 9.59 Å². The van der Waals surface area contributed by atoms with E-state index in [0.717, 1.165) is 65.6 Å². The first-order chi connectivity index (χ1) is 18.1. The van der Waals surface area contributed by atoms with E-state index in [-0.39, 0.29) is 11.8 Å². The second-order valence-electron chi connectivity index (χ2n) is 9.84. The highest BCUT2D eigenvalue weighted by Crippen LogP contribution is 2.24. The van der Waals surface area contributed by atoms with Crippen LogP contribution in [0.3, 0.4) is 0 Å². The van der Waals surface area contributed by atoms with E-state index < -0.39 is 0 Å². The summed E-state index contributed by atoms with van der Waals surface area (Å²) in [6.45, 7) is 6.35. The van der Waals surface area contributed by atoms with E-state index in [1.807, 2.05) is 60.7 Å². The predicted molar refractivity (Wildman–Crippen MR) is 152 cm³/mol. The van der Waals surface area contributed by atoms with Gasteiger partial charge in [0.1, 0.15) is 0 Å². The summed E-state index contributed by atoms with van der Waals surface area (Å²) < 4.78 is 0.